The number of nitrogens with one attached hydrogen (secondary N) is 1. The van der Waals surface area contributed by atoms with Crippen molar-refractivity contribution >= 4 is 12.2 Å². The molecule has 0 bridgehead atoms. The highest BCUT2D eigenvalue weighted by molar-refractivity contribution is 5.99. The first-order chi connectivity index (χ1) is 9.29. The van der Waals surface area contributed by atoms with Crippen molar-refractivity contribution in [3.63, 3.8) is 0 Å². The van der Waals surface area contributed by atoms with E-state index in [1.54, 1.807) is 37.3 Å². The summed E-state index contributed by atoms with van der Waals surface area (Å²) in [5.74, 6) is -0.745. The largest absolute Gasteiger partial charge is 0.463 e. The van der Waals surface area contributed by atoms with Crippen molar-refractivity contribution in [3.05, 3.63) is 35.9 Å². The zero-order valence-corrected chi connectivity index (χ0v) is 12.4. The van der Waals surface area contributed by atoms with Crippen LogP contribution in [0.15, 0.2) is 35.4 Å². The van der Waals surface area contributed by atoms with Crippen LogP contribution in [0.25, 0.3) is 0 Å². The van der Waals surface area contributed by atoms with Gasteiger partial charge >= 0.3 is 5.97 Å². The molecular weight excluding hydrogens is 256 g/mol. The van der Waals surface area contributed by atoms with Gasteiger partial charge in [0.2, 0.25) is 5.60 Å². The van der Waals surface area contributed by atoms with Gasteiger partial charge in [-0.25, -0.2) is 4.79 Å². The molecule has 0 saturated carbocycles. The number of carbonyl (C=O) groups excluding carboxylic acids is 1. The SMILES string of the molecule is CCOC(=O)[C@](O)(/C=N/NC(C)(C)C)c1ccccc1. The standard InChI is InChI=1S/C15H22N2O3/c1-5-20-13(18)15(19,11-16-17-14(2,3)4)12-9-7-6-8-10-12/h6-11,17,19H,5H2,1-4H3/b16-11+/t15-/m0/s1. The molecule has 110 valence electrons. The minimum absolute atomic E-state index is 0.189. The molecule has 0 fully saturated rings. The molecule has 0 radical (unpaired) electrons. The molecule has 0 aliphatic carbocycles. The monoisotopic (exact) mass is 278 g/mol. The number of benzene rings is 1. The van der Waals surface area contributed by atoms with E-state index < -0.39 is 11.6 Å². The topological polar surface area (TPSA) is 70.9 Å². The summed E-state index contributed by atoms with van der Waals surface area (Å²) in [4.78, 5) is 12.0. The van der Waals surface area contributed by atoms with Gasteiger partial charge in [0, 0.05) is 11.1 Å². The molecule has 5 nitrogen and oxygen atoms in total. The maximum absolute atomic E-state index is 12.0. The molecule has 1 rings (SSSR count). The van der Waals surface area contributed by atoms with Crippen LogP contribution in [0.1, 0.15) is 33.3 Å². The quantitative estimate of drug-likeness (QED) is 0.489. The van der Waals surface area contributed by atoms with Crippen LogP contribution in [0, 0.1) is 0 Å². The van der Waals surface area contributed by atoms with E-state index in [4.69, 9.17) is 4.74 Å². The zero-order chi connectivity index (χ0) is 15.2. The van der Waals surface area contributed by atoms with E-state index in [0.717, 1.165) is 0 Å². The van der Waals surface area contributed by atoms with Crippen molar-refractivity contribution in [2.24, 2.45) is 5.10 Å². The molecule has 1 aromatic rings. The minimum atomic E-state index is -1.89. The number of aliphatic hydroxyl groups is 1. The van der Waals surface area contributed by atoms with Crippen molar-refractivity contribution in [2.75, 3.05) is 6.61 Å². The lowest BCUT2D eigenvalue weighted by molar-refractivity contribution is -0.158. The van der Waals surface area contributed by atoms with Gasteiger partial charge < -0.3 is 15.3 Å². The van der Waals surface area contributed by atoms with Crippen molar-refractivity contribution < 1.29 is 14.6 Å². The van der Waals surface area contributed by atoms with Gasteiger partial charge in [0.1, 0.15) is 0 Å². The summed E-state index contributed by atoms with van der Waals surface area (Å²) in [7, 11) is 0. The maximum Gasteiger partial charge on any atom is 0.348 e. The van der Waals surface area contributed by atoms with E-state index >= 15 is 0 Å². The molecule has 20 heavy (non-hydrogen) atoms. The number of hydrazone groups is 1. The second kappa shape index (κ2) is 6.52. The fraction of sp³-hybridized carbons (Fsp3) is 0.467. The van der Waals surface area contributed by atoms with Crippen LogP contribution in [0.3, 0.4) is 0 Å². The summed E-state index contributed by atoms with van der Waals surface area (Å²) < 4.78 is 4.94. The minimum Gasteiger partial charge on any atom is -0.463 e. The number of ether oxygens (including phenoxy) is 1. The normalized spacial score (nSPS) is 14.8. The second-order valence-electron chi connectivity index (χ2n) is 5.47. The predicted molar refractivity (Wildman–Crippen MR) is 78.4 cm³/mol. The Morgan fingerprint density at radius 3 is 2.45 bits per heavy atom. The van der Waals surface area contributed by atoms with Crippen LogP contribution < -0.4 is 5.43 Å². The van der Waals surface area contributed by atoms with Crippen molar-refractivity contribution in [1.29, 1.82) is 0 Å². The van der Waals surface area contributed by atoms with Gasteiger partial charge in [-0.3, -0.25) is 0 Å². The second-order valence-corrected chi connectivity index (χ2v) is 5.47. The van der Waals surface area contributed by atoms with E-state index in [1.165, 1.54) is 6.21 Å². The van der Waals surface area contributed by atoms with E-state index in [-0.39, 0.29) is 12.1 Å². The first-order valence-corrected chi connectivity index (χ1v) is 6.56. The van der Waals surface area contributed by atoms with E-state index in [9.17, 15) is 9.90 Å². The van der Waals surface area contributed by atoms with E-state index in [2.05, 4.69) is 10.5 Å². The van der Waals surface area contributed by atoms with Crippen molar-refractivity contribution in [3.8, 4) is 0 Å². The summed E-state index contributed by atoms with van der Waals surface area (Å²) in [6, 6.07) is 8.59. The highest BCUT2D eigenvalue weighted by atomic mass is 16.5. The van der Waals surface area contributed by atoms with Crippen LogP contribution in [-0.4, -0.2) is 29.4 Å². The van der Waals surface area contributed by atoms with E-state index in [1.807, 2.05) is 20.8 Å². The van der Waals surface area contributed by atoms with Gasteiger partial charge in [-0.2, -0.15) is 5.10 Å². The number of nitrogens with zero attached hydrogens (tertiary/aromatic N) is 1. The molecule has 1 atom stereocenters. The van der Waals surface area contributed by atoms with Crippen LogP contribution >= 0.6 is 0 Å². The van der Waals surface area contributed by atoms with Crippen LogP contribution in [0.5, 0.6) is 0 Å². The lowest BCUT2D eigenvalue weighted by atomic mass is 9.95. The molecule has 5 heteroatoms. The Morgan fingerprint density at radius 2 is 1.95 bits per heavy atom. The maximum atomic E-state index is 12.0. The van der Waals surface area contributed by atoms with Crippen LogP contribution in [0.4, 0.5) is 0 Å². The van der Waals surface area contributed by atoms with Crippen LogP contribution in [-0.2, 0) is 15.1 Å². The summed E-state index contributed by atoms with van der Waals surface area (Å²) in [5.41, 5.74) is 1.11. The highest BCUT2D eigenvalue weighted by Gasteiger charge is 2.38. The number of carbonyl (C=O) groups is 1. The Bertz CT molecular complexity index is 466. The summed E-state index contributed by atoms with van der Waals surface area (Å²) in [5, 5.41) is 14.6. The Morgan fingerprint density at radius 1 is 1.35 bits per heavy atom. The van der Waals surface area contributed by atoms with E-state index in [0.29, 0.717) is 5.56 Å². The predicted octanol–water partition coefficient (Wildman–Crippen LogP) is 1.81. The third kappa shape index (κ3) is 4.35. The number of hydrogen-bond donors (Lipinski definition) is 2. The molecule has 0 spiro atoms. The summed E-state index contributed by atoms with van der Waals surface area (Å²) in [6.45, 7) is 7.66. The van der Waals surface area contributed by atoms with Gasteiger partial charge in [0.25, 0.3) is 0 Å². The number of rotatable bonds is 5. The summed E-state index contributed by atoms with van der Waals surface area (Å²) >= 11 is 0. The fourth-order valence-electron chi connectivity index (χ4n) is 1.50. The Kier molecular flexibility index (Phi) is 5.27. The van der Waals surface area contributed by atoms with Gasteiger partial charge in [0.05, 0.1) is 12.8 Å². The van der Waals surface area contributed by atoms with Gasteiger partial charge in [-0.15, -0.1) is 0 Å². The molecular formula is C15H22N2O3. The Hall–Kier alpha value is -1.88. The molecule has 0 aliphatic heterocycles. The van der Waals surface area contributed by atoms with Crippen LogP contribution in [0.2, 0.25) is 0 Å². The van der Waals surface area contributed by atoms with Gasteiger partial charge in [0.15, 0.2) is 0 Å². The molecule has 0 amide bonds. The third-order valence-corrected chi connectivity index (χ3v) is 2.45. The first-order valence-electron chi connectivity index (χ1n) is 6.56. The first kappa shape index (κ1) is 16.2. The lowest BCUT2D eigenvalue weighted by Crippen LogP contribution is -2.41. The van der Waals surface area contributed by atoms with Gasteiger partial charge in [-0.1, -0.05) is 30.3 Å². The van der Waals surface area contributed by atoms with Gasteiger partial charge in [-0.05, 0) is 27.7 Å². The molecule has 0 unspecified atom stereocenters. The molecule has 0 aliphatic rings. The molecule has 1 aromatic carbocycles. The average Bonchev–Trinajstić information content (AvgIpc) is 2.38. The zero-order valence-electron chi connectivity index (χ0n) is 12.4. The summed E-state index contributed by atoms with van der Waals surface area (Å²) in [6.07, 6.45) is 1.17. The molecule has 0 aromatic heterocycles. The van der Waals surface area contributed by atoms with Crippen molar-refractivity contribution in [1.82, 2.24) is 5.43 Å². The average molecular weight is 278 g/mol. The fourth-order valence-corrected chi connectivity index (χ4v) is 1.50. The third-order valence-electron chi connectivity index (χ3n) is 2.45. The number of hydrogen-bond acceptors (Lipinski definition) is 5. The Labute approximate surface area is 119 Å². The lowest BCUT2D eigenvalue weighted by Gasteiger charge is -2.23. The number of esters is 1. The smallest absolute Gasteiger partial charge is 0.348 e. The van der Waals surface area contributed by atoms with Crippen molar-refractivity contribution in [2.45, 2.75) is 38.8 Å². The molecule has 2 N–H and O–H groups in total. The molecule has 0 saturated heterocycles. The Balaban J connectivity index is 3.05. The highest BCUT2D eigenvalue weighted by Crippen LogP contribution is 2.21. The molecule has 0 heterocycles.